The SMILES string of the molecule is C=C1C=C(C)c2ccc(N3CCN(C(=O)OC(C)(C)C)CC3)cc2O1. The van der Waals surface area contributed by atoms with Crippen LogP contribution in [-0.4, -0.2) is 42.8 Å². The van der Waals surface area contributed by atoms with Gasteiger partial charge in [0.25, 0.3) is 0 Å². The number of carbonyl (C=O) groups is 1. The van der Waals surface area contributed by atoms with Gasteiger partial charge in [-0.05, 0) is 51.5 Å². The Morgan fingerprint density at radius 3 is 2.52 bits per heavy atom. The van der Waals surface area contributed by atoms with Crippen LogP contribution in [0.25, 0.3) is 5.57 Å². The van der Waals surface area contributed by atoms with E-state index in [0.29, 0.717) is 18.8 Å². The highest BCUT2D eigenvalue weighted by atomic mass is 16.6. The maximum atomic E-state index is 12.2. The van der Waals surface area contributed by atoms with Crippen molar-refractivity contribution in [2.75, 3.05) is 31.1 Å². The monoisotopic (exact) mass is 342 g/mol. The molecule has 0 spiro atoms. The van der Waals surface area contributed by atoms with Crippen LogP contribution in [0.3, 0.4) is 0 Å². The molecule has 0 bridgehead atoms. The molecular weight excluding hydrogens is 316 g/mol. The van der Waals surface area contributed by atoms with Gasteiger partial charge in [0.2, 0.25) is 0 Å². The lowest BCUT2D eigenvalue weighted by atomic mass is 10.0. The zero-order chi connectivity index (χ0) is 18.2. The summed E-state index contributed by atoms with van der Waals surface area (Å²) in [6.07, 6.45) is 1.71. The van der Waals surface area contributed by atoms with Gasteiger partial charge < -0.3 is 19.3 Å². The van der Waals surface area contributed by atoms with Crippen LogP contribution in [0.15, 0.2) is 36.6 Å². The molecule has 5 nitrogen and oxygen atoms in total. The van der Waals surface area contributed by atoms with E-state index in [1.54, 1.807) is 4.90 Å². The standard InChI is InChI=1S/C20H26N2O3/c1-14-12-15(2)24-18-13-16(6-7-17(14)18)21-8-10-22(11-9-21)19(23)25-20(3,4)5/h6-7,12-13H,2,8-11H2,1,3-5H3. The molecule has 0 aromatic heterocycles. The second-order valence-corrected chi connectivity index (χ2v) is 7.53. The third-order valence-electron chi connectivity index (χ3n) is 4.31. The number of piperazine rings is 1. The van der Waals surface area contributed by atoms with Gasteiger partial charge in [0.15, 0.2) is 0 Å². The third kappa shape index (κ3) is 3.98. The molecule has 25 heavy (non-hydrogen) atoms. The zero-order valence-corrected chi connectivity index (χ0v) is 15.5. The lowest BCUT2D eigenvalue weighted by Crippen LogP contribution is -2.50. The number of benzene rings is 1. The van der Waals surface area contributed by atoms with E-state index >= 15 is 0 Å². The Kier molecular flexibility index (Phi) is 4.50. The van der Waals surface area contributed by atoms with E-state index < -0.39 is 5.60 Å². The first-order chi connectivity index (χ1) is 11.7. The Morgan fingerprint density at radius 1 is 1.20 bits per heavy atom. The molecule has 0 N–H and O–H groups in total. The minimum atomic E-state index is -0.460. The molecule has 2 aliphatic rings. The van der Waals surface area contributed by atoms with Gasteiger partial charge in [-0.15, -0.1) is 0 Å². The fraction of sp³-hybridized carbons (Fsp3) is 0.450. The number of fused-ring (bicyclic) bond motifs is 1. The maximum Gasteiger partial charge on any atom is 0.410 e. The van der Waals surface area contributed by atoms with Crippen LogP contribution in [0.1, 0.15) is 33.3 Å². The quantitative estimate of drug-likeness (QED) is 0.772. The number of amides is 1. The van der Waals surface area contributed by atoms with E-state index in [0.717, 1.165) is 35.7 Å². The predicted molar refractivity (Wildman–Crippen MR) is 99.9 cm³/mol. The van der Waals surface area contributed by atoms with Crippen molar-refractivity contribution in [1.29, 1.82) is 0 Å². The minimum absolute atomic E-state index is 0.238. The number of anilines is 1. The first-order valence-electron chi connectivity index (χ1n) is 8.65. The average molecular weight is 342 g/mol. The van der Waals surface area contributed by atoms with Gasteiger partial charge >= 0.3 is 6.09 Å². The summed E-state index contributed by atoms with van der Waals surface area (Å²) in [5.74, 6) is 1.51. The maximum absolute atomic E-state index is 12.2. The van der Waals surface area contributed by atoms with E-state index in [-0.39, 0.29) is 6.09 Å². The predicted octanol–water partition coefficient (Wildman–Crippen LogP) is 4.05. The normalized spacial score (nSPS) is 17.6. The van der Waals surface area contributed by atoms with Gasteiger partial charge in [-0.2, -0.15) is 0 Å². The van der Waals surface area contributed by atoms with Crippen molar-refractivity contribution in [3.05, 3.63) is 42.2 Å². The summed E-state index contributed by atoms with van der Waals surface area (Å²) in [5.41, 5.74) is 2.90. The number of nitrogens with zero attached hydrogens (tertiary/aromatic N) is 2. The second-order valence-electron chi connectivity index (χ2n) is 7.53. The molecule has 0 saturated carbocycles. The van der Waals surface area contributed by atoms with Gasteiger partial charge in [-0.25, -0.2) is 4.79 Å². The lowest BCUT2D eigenvalue weighted by Gasteiger charge is -2.37. The van der Waals surface area contributed by atoms with Gasteiger partial charge in [-0.3, -0.25) is 0 Å². The largest absolute Gasteiger partial charge is 0.457 e. The smallest absolute Gasteiger partial charge is 0.410 e. The molecule has 0 unspecified atom stereocenters. The Balaban J connectivity index is 1.66. The topological polar surface area (TPSA) is 42.0 Å². The Hall–Kier alpha value is -2.43. The van der Waals surface area contributed by atoms with Gasteiger partial charge in [0, 0.05) is 43.5 Å². The number of allylic oxidation sites excluding steroid dienone is 2. The van der Waals surface area contributed by atoms with Crippen molar-refractivity contribution < 1.29 is 14.3 Å². The molecule has 1 aromatic rings. The minimum Gasteiger partial charge on any atom is -0.457 e. The third-order valence-corrected chi connectivity index (χ3v) is 4.31. The van der Waals surface area contributed by atoms with Crippen molar-refractivity contribution in [2.24, 2.45) is 0 Å². The van der Waals surface area contributed by atoms with E-state index in [9.17, 15) is 4.79 Å². The summed E-state index contributed by atoms with van der Waals surface area (Å²) >= 11 is 0. The van der Waals surface area contributed by atoms with Crippen LogP contribution >= 0.6 is 0 Å². The van der Waals surface area contributed by atoms with E-state index in [1.165, 1.54) is 0 Å². The molecular formula is C20H26N2O3. The summed E-state index contributed by atoms with van der Waals surface area (Å²) in [5, 5.41) is 0. The molecule has 3 rings (SSSR count). The summed E-state index contributed by atoms with van der Waals surface area (Å²) in [6, 6.07) is 6.25. The number of carbonyl (C=O) groups excluding carboxylic acids is 1. The number of hydrogen-bond acceptors (Lipinski definition) is 4. The zero-order valence-electron chi connectivity index (χ0n) is 15.5. The molecule has 2 heterocycles. The highest BCUT2D eigenvalue weighted by molar-refractivity contribution is 5.75. The van der Waals surface area contributed by atoms with Crippen LogP contribution in [0.4, 0.5) is 10.5 Å². The Morgan fingerprint density at radius 2 is 1.88 bits per heavy atom. The van der Waals surface area contributed by atoms with Crippen molar-refractivity contribution in [2.45, 2.75) is 33.3 Å². The Bertz CT molecular complexity index is 723. The van der Waals surface area contributed by atoms with Crippen molar-refractivity contribution in [1.82, 2.24) is 4.90 Å². The fourth-order valence-corrected chi connectivity index (χ4v) is 3.08. The van der Waals surface area contributed by atoms with Crippen LogP contribution in [-0.2, 0) is 4.74 Å². The fourth-order valence-electron chi connectivity index (χ4n) is 3.08. The molecule has 0 atom stereocenters. The number of rotatable bonds is 1. The highest BCUT2D eigenvalue weighted by Crippen LogP contribution is 2.35. The summed E-state index contributed by atoms with van der Waals surface area (Å²) < 4.78 is 11.2. The van der Waals surface area contributed by atoms with Gasteiger partial charge in [0.05, 0.1) is 0 Å². The van der Waals surface area contributed by atoms with E-state index in [1.807, 2.05) is 26.8 Å². The second kappa shape index (κ2) is 6.47. The Labute approximate surface area is 149 Å². The summed E-state index contributed by atoms with van der Waals surface area (Å²) in [4.78, 5) is 16.2. The molecule has 5 heteroatoms. The summed E-state index contributed by atoms with van der Waals surface area (Å²) in [6.45, 7) is 14.5. The van der Waals surface area contributed by atoms with Crippen LogP contribution < -0.4 is 9.64 Å². The molecule has 1 fully saturated rings. The van der Waals surface area contributed by atoms with E-state index in [2.05, 4.69) is 36.6 Å². The molecule has 1 aromatic carbocycles. The van der Waals surface area contributed by atoms with Crippen molar-refractivity contribution >= 4 is 17.4 Å². The first-order valence-corrected chi connectivity index (χ1v) is 8.65. The van der Waals surface area contributed by atoms with E-state index in [4.69, 9.17) is 9.47 Å². The lowest BCUT2D eigenvalue weighted by molar-refractivity contribution is 0.0240. The molecule has 1 amide bonds. The van der Waals surface area contributed by atoms with Crippen LogP contribution in [0, 0.1) is 0 Å². The highest BCUT2D eigenvalue weighted by Gasteiger charge is 2.26. The number of hydrogen-bond donors (Lipinski definition) is 0. The average Bonchev–Trinajstić information content (AvgIpc) is 2.52. The molecule has 134 valence electrons. The molecule has 2 aliphatic heterocycles. The van der Waals surface area contributed by atoms with Crippen molar-refractivity contribution in [3.8, 4) is 5.75 Å². The molecule has 0 aliphatic carbocycles. The van der Waals surface area contributed by atoms with Crippen molar-refractivity contribution in [3.63, 3.8) is 0 Å². The van der Waals surface area contributed by atoms with Crippen LogP contribution in [0.5, 0.6) is 5.75 Å². The molecule has 0 radical (unpaired) electrons. The van der Waals surface area contributed by atoms with Gasteiger partial charge in [-0.1, -0.05) is 6.58 Å². The van der Waals surface area contributed by atoms with Crippen LogP contribution in [0.2, 0.25) is 0 Å². The number of ether oxygens (including phenoxy) is 2. The summed E-state index contributed by atoms with van der Waals surface area (Å²) in [7, 11) is 0. The van der Waals surface area contributed by atoms with Gasteiger partial charge in [0.1, 0.15) is 17.1 Å². The first kappa shape index (κ1) is 17.4. The molecule has 1 saturated heterocycles.